The van der Waals surface area contributed by atoms with Gasteiger partial charge in [0.05, 0.1) is 39.8 Å². The predicted octanol–water partition coefficient (Wildman–Crippen LogP) is 4.97. The van der Waals surface area contributed by atoms with Crippen molar-refractivity contribution >= 4 is 55.5 Å². The number of aliphatic hydroxyl groups is 1. The van der Waals surface area contributed by atoms with Crippen molar-refractivity contribution < 1.29 is 29.6 Å². The van der Waals surface area contributed by atoms with E-state index >= 15 is 0 Å². The fraction of sp³-hybridized carbons (Fsp3) is 0.543. The number of hydrogen-bond donors (Lipinski definition) is 5. The van der Waals surface area contributed by atoms with Crippen LogP contribution >= 0.6 is 22.7 Å². The zero-order valence-electron chi connectivity index (χ0n) is 27.8. The molecule has 0 saturated carbocycles. The predicted molar refractivity (Wildman–Crippen MR) is 193 cm³/mol. The van der Waals surface area contributed by atoms with Crippen LogP contribution in [-0.2, 0) is 9.53 Å². The number of likely N-dealkylation sites (tertiary alicyclic amines) is 1. The Labute approximate surface area is 293 Å². The number of fused-ring (bicyclic) bond motifs is 2. The number of phenolic OH excluding ortho intramolecular Hbond substituents is 1. The number of aliphatic hydroxyl groups excluding tert-OH is 1. The summed E-state index contributed by atoms with van der Waals surface area (Å²) < 4.78 is 7.98. The molecule has 266 valence electrons. The summed E-state index contributed by atoms with van der Waals surface area (Å²) >= 11 is 2.49. The maximum Gasteiger partial charge on any atom is 0.305 e. The van der Waals surface area contributed by atoms with Crippen LogP contribution in [0.4, 0.5) is 0 Å². The number of thiazole rings is 2. The number of para-hydroxylation sites is 1. The van der Waals surface area contributed by atoms with Crippen molar-refractivity contribution in [2.75, 3.05) is 52.4 Å². The molecule has 6 rings (SSSR count). The molecule has 2 aliphatic rings. The highest BCUT2D eigenvalue weighted by Gasteiger charge is 2.41. The number of aromatic hydroxyl groups is 1. The van der Waals surface area contributed by atoms with Gasteiger partial charge in [-0.05, 0) is 57.0 Å². The maximum absolute atomic E-state index is 13.3. The molecule has 2 saturated heterocycles. The van der Waals surface area contributed by atoms with Gasteiger partial charge in [-0.3, -0.25) is 14.4 Å². The third-order valence-corrected chi connectivity index (χ3v) is 11.3. The van der Waals surface area contributed by atoms with E-state index in [1.165, 1.54) is 55.9 Å². The fourth-order valence-corrected chi connectivity index (χ4v) is 8.58. The molecule has 0 radical (unpaired) electrons. The molecular weight excluding hydrogens is 667 g/mol. The second kappa shape index (κ2) is 18.0. The molecule has 1 amide bonds. The lowest BCUT2D eigenvalue weighted by atomic mass is 9.89. The lowest BCUT2D eigenvalue weighted by Crippen LogP contribution is -2.58. The summed E-state index contributed by atoms with van der Waals surface area (Å²) in [6.07, 6.45) is 9.62. The number of nitrogens with one attached hydrogen (secondary N) is 2. The van der Waals surface area contributed by atoms with Crippen LogP contribution in [0.2, 0.25) is 0 Å². The number of hydrogen-bond acceptors (Lipinski definition) is 11. The molecule has 2 aliphatic heterocycles. The Morgan fingerprint density at radius 3 is 2.51 bits per heavy atom. The van der Waals surface area contributed by atoms with Crippen molar-refractivity contribution in [1.82, 2.24) is 25.1 Å². The second-order valence-electron chi connectivity index (χ2n) is 12.8. The van der Waals surface area contributed by atoms with Gasteiger partial charge in [-0.25, -0.2) is 4.98 Å². The molecule has 4 heterocycles. The van der Waals surface area contributed by atoms with E-state index in [9.17, 15) is 19.8 Å². The molecule has 49 heavy (non-hydrogen) atoms. The first-order valence-electron chi connectivity index (χ1n) is 17.1. The lowest BCUT2D eigenvalue weighted by Gasteiger charge is -2.47. The van der Waals surface area contributed by atoms with E-state index < -0.39 is 6.10 Å². The smallest absolute Gasteiger partial charge is 0.305 e. The van der Waals surface area contributed by atoms with E-state index in [0.29, 0.717) is 47.0 Å². The quantitative estimate of drug-likeness (QED) is 0.0890. The lowest BCUT2D eigenvalue weighted by molar-refractivity contribution is -0.127. The van der Waals surface area contributed by atoms with Gasteiger partial charge in [0.2, 0.25) is 0 Å². The molecule has 14 heteroatoms. The van der Waals surface area contributed by atoms with Crippen molar-refractivity contribution in [2.24, 2.45) is 0 Å². The summed E-state index contributed by atoms with van der Waals surface area (Å²) in [5.74, 6) is 0.0577. The second-order valence-corrected chi connectivity index (χ2v) is 14.8. The number of phenols is 1. The Balaban J connectivity index is 0.00000151. The summed E-state index contributed by atoms with van der Waals surface area (Å²) in [4.78, 5) is 44.8. The van der Waals surface area contributed by atoms with Crippen molar-refractivity contribution in [3.63, 3.8) is 0 Å². The normalized spacial score (nSPS) is 16.9. The number of aromatic amines is 1. The first-order chi connectivity index (χ1) is 23.8. The molecule has 5 N–H and O–H groups in total. The first kappa shape index (κ1) is 36.9. The SMILES string of the molecule is O=C(c1nc2ccccc2s1)N1CCOC2(CCN(CCCCCCCCCNCC(O)c3ccc(O)c4[nH]c(=O)sc34)CC2)C1.O=CO. The average Bonchev–Trinajstić information content (AvgIpc) is 3.72. The molecule has 0 aliphatic carbocycles. The molecule has 1 spiro atoms. The standard InChI is InChI=1S/C34H45N5O5S2.CH2O2/c40-26-13-12-24(30-29(26)37-33(43)46-30)27(41)22-35-16-8-4-2-1-3-5-9-17-38-18-14-34(15-19-38)23-39(20-21-44-34)32(42)31-36-25-10-6-7-11-28(25)45-31;2-1-3/h6-7,10-13,27,35,40-41H,1-5,8-9,14-23H2,(H,37,43);1H,(H,2,3). The van der Waals surface area contributed by atoms with Crippen LogP contribution in [0.1, 0.15) is 79.3 Å². The molecule has 12 nitrogen and oxygen atoms in total. The summed E-state index contributed by atoms with van der Waals surface area (Å²) in [5, 5.41) is 31.4. The third-order valence-electron chi connectivity index (χ3n) is 9.39. The number of morpholine rings is 1. The minimum Gasteiger partial charge on any atom is -0.506 e. The van der Waals surface area contributed by atoms with Crippen LogP contribution in [0.3, 0.4) is 0 Å². The number of amides is 1. The topological polar surface area (TPSA) is 168 Å². The number of unbranched alkanes of at least 4 members (excludes halogenated alkanes) is 6. The Morgan fingerprint density at radius 2 is 1.76 bits per heavy atom. The van der Waals surface area contributed by atoms with Crippen LogP contribution in [-0.4, -0.2) is 105 Å². The number of H-pyrrole nitrogens is 1. The van der Waals surface area contributed by atoms with Crippen molar-refractivity contribution in [3.05, 3.63) is 56.6 Å². The van der Waals surface area contributed by atoms with E-state index in [0.717, 1.165) is 67.0 Å². The minimum absolute atomic E-state index is 0.0239. The van der Waals surface area contributed by atoms with E-state index in [1.54, 1.807) is 6.07 Å². The molecular formula is C35H47N5O7S2. The van der Waals surface area contributed by atoms with Crippen LogP contribution in [0.5, 0.6) is 5.75 Å². The number of benzene rings is 2. The van der Waals surface area contributed by atoms with Gasteiger partial charge < -0.3 is 40.2 Å². The number of nitrogens with zero attached hydrogens (tertiary/aromatic N) is 3. The molecule has 2 fully saturated rings. The number of carbonyl (C=O) groups is 2. The van der Waals surface area contributed by atoms with Gasteiger partial charge in [-0.15, -0.1) is 11.3 Å². The highest BCUT2D eigenvalue weighted by molar-refractivity contribution is 7.20. The summed E-state index contributed by atoms with van der Waals surface area (Å²) in [7, 11) is 0. The van der Waals surface area contributed by atoms with E-state index in [2.05, 4.69) is 20.2 Å². The molecule has 0 bridgehead atoms. The van der Waals surface area contributed by atoms with E-state index in [-0.39, 0.29) is 28.6 Å². The van der Waals surface area contributed by atoms with Crippen molar-refractivity contribution in [3.8, 4) is 5.75 Å². The number of rotatable bonds is 14. The van der Waals surface area contributed by atoms with Gasteiger partial charge in [0.1, 0.15) is 11.3 Å². The van der Waals surface area contributed by atoms with Gasteiger partial charge in [0.25, 0.3) is 12.4 Å². The highest BCUT2D eigenvalue weighted by Crippen LogP contribution is 2.33. The minimum atomic E-state index is -0.732. The van der Waals surface area contributed by atoms with Gasteiger partial charge in [0.15, 0.2) is 5.01 Å². The Morgan fingerprint density at radius 1 is 1.04 bits per heavy atom. The molecule has 2 aromatic heterocycles. The summed E-state index contributed by atoms with van der Waals surface area (Å²) in [6, 6.07) is 11.1. The number of piperidine rings is 1. The van der Waals surface area contributed by atoms with Gasteiger partial charge in [0, 0.05) is 31.7 Å². The van der Waals surface area contributed by atoms with Crippen LogP contribution in [0, 0.1) is 0 Å². The zero-order chi connectivity index (χ0) is 34.6. The van der Waals surface area contributed by atoms with Crippen molar-refractivity contribution in [2.45, 2.75) is 69.5 Å². The van der Waals surface area contributed by atoms with Crippen LogP contribution in [0.25, 0.3) is 20.4 Å². The van der Waals surface area contributed by atoms with E-state index in [4.69, 9.17) is 14.6 Å². The molecule has 2 aromatic carbocycles. The number of ether oxygens (including phenoxy) is 1. The Hall–Kier alpha value is -3.40. The Bertz CT molecular complexity index is 1680. The molecule has 1 atom stereocenters. The molecule has 1 unspecified atom stereocenters. The van der Waals surface area contributed by atoms with Gasteiger partial charge in [-0.2, -0.15) is 0 Å². The monoisotopic (exact) mass is 713 g/mol. The van der Waals surface area contributed by atoms with Gasteiger partial charge >= 0.3 is 4.87 Å². The van der Waals surface area contributed by atoms with E-state index in [1.807, 2.05) is 29.2 Å². The van der Waals surface area contributed by atoms with Crippen molar-refractivity contribution in [1.29, 1.82) is 0 Å². The average molecular weight is 714 g/mol. The molecule has 4 aromatic rings. The maximum atomic E-state index is 13.3. The van der Waals surface area contributed by atoms with Crippen LogP contribution in [0.15, 0.2) is 41.2 Å². The highest BCUT2D eigenvalue weighted by atomic mass is 32.1. The third kappa shape index (κ3) is 9.86. The fourth-order valence-electron chi connectivity index (χ4n) is 6.72. The number of carbonyl (C=O) groups excluding carboxylic acids is 1. The Kier molecular flexibility index (Phi) is 13.6. The number of carboxylic acid groups (broad SMARTS) is 1. The van der Waals surface area contributed by atoms with Gasteiger partial charge in [-0.1, -0.05) is 61.6 Å². The van der Waals surface area contributed by atoms with Crippen LogP contribution < -0.4 is 10.2 Å². The summed E-state index contributed by atoms with van der Waals surface area (Å²) in [6.45, 7) is 6.06. The largest absolute Gasteiger partial charge is 0.506 e. The first-order valence-corrected chi connectivity index (χ1v) is 18.8. The number of aromatic nitrogens is 2. The zero-order valence-corrected chi connectivity index (χ0v) is 29.4. The summed E-state index contributed by atoms with van der Waals surface area (Å²) in [5.41, 5.74) is 1.72.